The molecule has 122 valence electrons. The van der Waals surface area contributed by atoms with E-state index in [1.54, 1.807) is 12.1 Å². The zero-order valence-corrected chi connectivity index (χ0v) is 14.4. The van der Waals surface area contributed by atoms with Crippen LogP contribution in [-0.4, -0.2) is 34.8 Å². The van der Waals surface area contributed by atoms with Crippen LogP contribution < -0.4 is 0 Å². The number of aliphatic hydroxyl groups is 1. The van der Waals surface area contributed by atoms with Crippen molar-refractivity contribution in [2.45, 2.75) is 32.1 Å². The van der Waals surface area contributed by atoms with E-state index >= 15 is 0 Å². The molecule has 1 saturated heterocycles. The number of carbonyl (C=O) groups is 1. The van der Waals surface area contributed by atoms with E-state index < -0.39 is 5.82 Å². The summed E-state index contributed by atoms with van der Waals surface area (Å²) >= 11 is 7.38. The number of amides is 1. The molecule has 0 saturated carbocycles. The number of carbonyl (C=O) groups excluding carboxylic acids is 1. The maximum atomic E-state index is 13.3. The number of nitrogens with zero attached hydrogens (tertiary/aromatic N) is 1. The number of rotatable bonds is 6. The lowest BCUT2D eigenvalue weighted by Crippen LogP contribution is -2.30. The summed E-state index contributed by atoms with van der Waals surface area (Å²) in [6, 6.07) is 4.62. The number of benzene rings is 1. The Morgan fingerprint density at radius 3 is 2.86 bits per heavy atom. The van der Waals surface area contributed by atoms with Gasteiger partial charge in [-0.25, -0.2) is 4.39 Å². The summed E-state index contributed by atoms with van der Waals surface area (Å²) in [6.45, 7) is 4.77. The fourth-order valence-electron chi connectivity index (χ4n) is 2.45. The third-order valence-corrected chi connectivity index (χ3v) is 5.42. The SMILES string of the molecule is CC(C)(CO)CCCN1C(=O)CSC1c1ccc(F)c(Cl)c1. The highest BCUT2D eigenvalue weighted by atomic mass is 35.5. The quantitative estimate of drug-likeness (QED) is 0.851. The fraction of sp³-hybridized carbons (Fsp3) is 0.562. The molecule has 22 heavy (non-hydrogen) atoms. The topological polar surface area (TPSA) is 40.5 Å². The normalized spacial score (nSPS) is 19.0. The smallest absolute Gasteiger partial charge is 0.233 e. The minimum Gasteiger partial charge on any atom is -0.396 e. The number of halogens is 2. The highest BCUT2D eigenvalue weighted by molar-refractivity contribution is 8.00. The van der Waals surface area contributed by atoms with Gasteiger partial charge in [0.25, 0.3) is 0 Å². The van der Waals surface area contributed by atoms with E-state index in [0.717, 1.165) is 18.4 Å². The van der Waals surface area contributed by atoms with E-state index in [2.05, 4.69) is 0 Å². The standard InChI is InChI=1S/C16H21ClFNO2S/c1-16(2,10-20)6-3-7-19-14(21)9-22-15(19)11-4-5-13(18)12(17)8-11/h4-5,8,15,20H,3,6-7,9-10H2,1-2H3. The van der Waals surface area contributed by atoms with Crippen LogP contribution in [0.15, 0.2) is 18.2 Å². The molecular weight excluding hydrogens is 325 g/mol. The summed E-state index contributed by atoms with van der Waals surface area (Å²) in [4.78, 5) is 13.9. The molecule has 6 heteroatoms. The number of hydrogen-bond acceptors (Lipinski definition) is 3. The second-order valence-corrected chi connectivity index (χ2v) is 7.83. The van der Waals surface area contributed by atoms with Crippen LogP contribution in [0.3, 0.4) is 0 Å². The lowest BCUT2D eigenvalue weighted by atomic mass is 9.89. The highest BCUT2D eigenvalue weighted by Gasteiger charge is 2.33. The molecule has 0 bridgehead atoms. The Bertz CT molecular complexity index is 553. The Balaban J connectivity index is 2.04. The maximum Gasteiger partial charge on any atom is 0.233 e. The molecule has 1 N–H and O–H groups in total. The number of aliphatic hydroxyl groups excluding tert-OH is 1. The van der Waals surface area contributed by atoms with Crippen molar-refractivity contribution in [3.8, 4) is 0 Å². The van der Waals surface area contributed by atoms with Gasteiger partial charge in [0.05, 0.1) is 10.8 Å². The fourth-order valence-corrected chi connectivity index (χ4v) is 3.84. The first-order valence-corrected chi connectivity index (χ1v) is 8.73. The second-order valence-electron chi connectivity index (χ2n) is 6.35. The molecule has 1 heterocycles. The summed E-state index contributed by atoms with van der Waals surface area (Å²) in [5.74, 6) is 0.0801. The summed E-state index contributed by atoms with van der Waals surface area (Å²) in [5, 5.41) is 9.26. The minimum atomic E-state index is -0.448. The zero-order valence-electron chi connectivity index (χ0n) is 12.8. The molecule has 0 radical (unpaired) electrons. The first-order valence-electron chi connectivity index (χ1n) is 7.31. The maximum absolute atomic E-state index is 13.3. The Morgan fingerprint density at radius 1 is 1.50 bits per heavy atom. The lowest BCUT2D eigenvalue weighted by molar-refractivity contribution is -0.128. The Kier molecular flexibility index (Phi) is 5.75. The van der Waals surface area contributed by atoms with Gasteiger partial charge in [0.2, 0.25) is 5.91 Å². The molecule has 0 aromatic heterocycles. The second kappa shape index (κ2) is 7.20. The first-order chi connectivity index (χ1) is 10.3. The van der Waals surface area contributed by atoms with Crippen molar-refractivity contribution in [2.75, 3.05) is 18.9 Å². The predicted molar refractivity (Wildman–Crippen MR) is 88.4 cm³/mol. The zero-order chi connectivity index (χ0) is 16.3. The molecule has 1 amide bonds. The molecule has 0 spiro atoms. The molecule has 3 nitrogen and oxygen atoms in total. The summed E-state index contributed by atoms with van der Waals surface area (Å²) in [6.07, 6.45) is 1.67. The van der Waals surface area contributed by atoms with E-state index in [0.29, 0.717) is 12.3 Å². The molecule has 1 fully saturated rings. The van der Waals surface area contributed by atoms with Crippen molar-refractivity contribution in [2.24, 2.45) is 5.41 Å². The molecule has 1 atom stereocenters. The van der Waals surface area contributed by atoms with Crippen LogP contribution in [-0.2, 0) is 4.79 Å². The number of thioether (sulfide) groups is 1. The molecule has 1 aliphatic rings. The van der Waals surface area contributed by atoms with E-state index in [9.17, 15) is 14.3 Å². The van der Waals surface area contributed by atoms with Crippen molar-refractivity contribution in [1.29, 1.82) is 0 Å². The van der Waals surface area contributed by atoms with Crippen molar-refractivity contribution in [3.05, 3.63) is 34.6 Å². The van der Waals surface area contributed by atoms with Crippen LogP contribution in [0.1, 0.15) is 37.6 Å². The van der Waals surface area contributed by atoms with E-state index in [4.69, 9.17) is 11.6 Å². The third kappa shape index (κ3) is 4.15. The van der Waals surface area contributed by atoms with Crippen LogP contribution in [0.4, 0.5) is 4.39 Å². The van der Waals surface area contributed by atoms with Gasteiger partial charge in [-0.2, -0.15) is 0 Å². The summed E-state index contributed by atoms with van der Waals surface area (Å²) in [7, 11) is 0. The van der Waals surface area contributed by atoms with Gasteiger partial charge in [0.1, 0.15) is 11.2 Å². The van der Waals surface area contributed by atoms with Crippen LogP contribution >= 0.6 is 23.4 Å². The molecule has 1 aromatic rings. The Morgan fingerprint density at radius 2 is 2.23 bits per heavy atom. The van der Waals surface area contributed by atoms with Gasteiger partial charge in [-0.05, 0) is 36.0 Å². The molecule has 1 aromatic carbocycles. The molecule has 2 rings (SSSR count). The van der Waals surface area contributed by atoms with Gasteiger partial charge >= 0.3 is 0 Å². The Labute approximate surface area is 139 Å². The number of hydrogen-bond donors (Lipinski definition) is 1. The van der Waals surface area contributed by atoms with Crippen molar-refractivity contribution >= 4 is 29.3 Å². The molecular formula is C16H21ClFNO2S. The van der Waals surface area contributed by atoms with Gasteiger partial charge in [0.15, 0.2) is 0 Å². The lowest BCUT2D eigenvalue weighted by Gasteiger charge is -2.27. The summed E-state index contributed by atoms with van der Waals surface area (Å²) < 4.78 is 13.3. The van der Waals surface area contributed by atoms with Gasteiger partial charge in [0, 0.05) is 13.2 Å². The van der Waals surface area contributed by atoms with Gasteiger partial charge in [-0.3, -0.25) is 4.79 Å². The van der Waals surface area contributed by atoms with Crippen LogP contribution in [0.25, 0.3) is 0 Å². The van der Waals surface area contributed by atoms with Crippen molar-refractivity contribution in [3.63, 3.8) is 0 Å². The van der Waals surface area contributed by atoms with Crippen LogP contribution in [0, 0.1) is 11.2 Å². The van der Waals surface area contributed by atoms with E-state index in [1.807, 2.05) is 18.7 Å². The third-order valence-electron chi connectivity index (χ3n) is 3.88. The average Bonchev–Trinajstić information content (AvgIpc) is 2.83. The average molecular weight is 346 g/mol. The Hall–Kier alpha value is -0.780. The van der Waals surface area contributed by atoms with Crippen LogP contribution in [0.5, 0.6) is 0 Å². The molecule has 1 aliphatic heterocycles. The van der Waals surface area contributed by atoms with E-state index in [-0.39, 0.29) is 28.3 Å². The molecule has 0 aliphatic carbocycles. The van der Waals surface area contributed by atoms with Gasteiger partial charge in [-0.1, -0.05) is 31.5 Å². The monoisotopic (exact) mass is 345 g/mol. The molecule has 1 unspecified atom stereocenters. The van der Waals surface area contributed by atoms with Crippen LogP contribution in [0.2, 0.25) is 5.02 Å². The predicted octanol–water partition coefficient (Wildman–Crippen LogP) is 3.85. The minimum absolute atomic E-state index is 0.0822. The van der Waals surface area contributed by atoms with E-state index in [1.165, 1.54) is 17.8 Å². The highest BCUT2D eigenvalue weighted by Crippen LogP contribution is 2.40. The van der Waals surface area contributed by atoms with Crippen molar-refractivity contribution in [1.82, 2.24) is 4.90 Å². The van der Waals surface area contributed by atoms with Gasteiger partial charge in [-0.15, -0.1) is 11.8 Å². The first kappa shape index (κ1) is 17.6. The van der Waals surface area contributed by atoms with Crippen molar-refractivity contribution < 1.29 is 14.3 Å². The summed E-state index contributed by atoms with van der Waals surface area (Å²) in [5.41, 5.74) is 0.716. The largest absolute Gasteiger partial charge is 0.396 e. The van der Waals surface area contributed by atoms with Gasteiger partial charge < -0.3 is 10.0 Å².